The van der Waals surface area contributed by atoms with Gasteiger partial charge in [0.05, 0.1) is 10.9 Å². The van der Waals surface area contributed by atoms with Gasteiger partial charge in [-0.15, -0.1) is 10.2 Å². The summed E-state index contributed by atoms with van der Waals surface area (Å²) in [6, 6.07) is 2.30. The Kier molecular flexibility index (Phi) is 3.65. The second kappa shape index (κ2) is 5.59. The summed E-state index contributed by atoms with van der Waals surface area (Å²) in [4.78, 5) is -0.355. The van der Waals surface area contributed by atoms with Gasteiger partial charge in [0.25, 0.3) is 0 Å². The molecule has 1 aliphatic carbocycles. The summed E-state index contributed by atoms with van der Waals surface area (Å²) in [6.45, 7) is 0.547. The second-order valence-corrected chi connectivity index (χ2v) is 8.22. The highest BCUT2D eigenvalue weighted by molar-refractivity contribution is 7.89. The first-order valence-electron chi connectivity index (χ1n) is 7.81. The van der Waals surface area contributed by atoms with E-state index >= 15 is 0 Å². The molecule has 1 aliphatic heterocycles. The summed E-state index contributed by atoms with van der Waals surface area (Å²) in [5.41, 5.74) is 0. The molecule has 2 aromatic rings. The topological polar surface area (TPSA) is 68.1 Å². The first kappa shape index (κ1) is 15.6. The first-order valence-corrected chi connectivity index (χ1v) is 9.25. The smallest absolute Gasteiger partial charge is 0.243 e. The number of hydrogen-bond acceptors (Lipinski definition) is 4. The third-order valence-corrected chi connectivity index (χ3v) is 6.38. The van der Waals surface area contributed by atoms with Crippen molar-refractivity contribution in [3.05, 3.63) is 42.0 Å². The summed E-state index contributed by atoms with van der Waals surface area (Å²) in [6.07, 6.45) is 4.41. The molecule has 0 N–H and O–H groups in total. The van der Waals surface area contributed by atoms with Crippen molar-refractivity contribution in [1.82, 2.24) is 19.1 Å². The van der Waals surface area contributed by atoms with Crippen molar-refractivity contribution in [2.45, 2.75) is 36.1 Å². The Labute approximate surface area is 138 Å². The van der Waals surface area contributed by atoms with E-state index in [2.05, 4.69) is 10.2 Å². The lowest BCUT2D eigenvalue weighted by Gasteiger charge is -2.18. The molecule has 4 rings (SSSR count). The van der Waals surface area contributed by atoms with E-state index in [0.29, 0.717) is 24.9 Å². The van der Waals surface area contributed by atoms with Gasteiger partial charge in [0, 0.05) is 25.1 Å². The Morgan fingerprint density at radius 3 is 2.46 bits per heavy atom. The zero-order valence-corrected chi connectivity index (χ0v) is 13.6. The monoisotopic (exact) mass is 354 g/mol. The van der Waals surface area contributed by atoms with Crippen molar-refractivity contribution in [3.8, 4) is 0 Å². The van der Waals surface area contributed by atoms with E-state index in [1.165, 1.54) is 4.31 Å². The van der Waals surface area contributed by atoms with E-state index in [1.54, 1.807) is 6.33 Å². The van der Waals surface area contributed by atoms with Gasteiger partial charge in [0.1, 0.15) is 23.8 Å². The van der Waals surface area contributed by atoms with E-state index in [-0.39, 0.29) is 17.5 Å². The molecule has 128 valence electrons. The third-order valence-electron chi connectivity index (χ3n) is 4.54. The van der Waals surface area contributed by atoms with E-state index < -0.39 is 21.7 Å². The number of hydrogen-bond donors (Lipinski definition) is 0. The van der Waals surface area contributed by atoms with Crippen LogP contribution in [0.3, 0.4) is 0 Å². The molecular weight excluding hydrogens is 338 g/mol. The number of sulfonamides is 1. The Bertz CT molecular complexity index is 859. The molecule has 0 amide bonds. The zero-order valence-electron chi connectivity index (χ0n) is 12.8. The van der Waals surface area contributed by atoms with Gasteiger partial charge < -0.3 is 4.57 Å². The van der Waals surface area contributed by atoms with Gasteiger partial charge in [-0.2, -0.15) is 4.31 Å². The molecule has 1 atom stereocenters. The molecule has 1 unspecified atom stereocenters. The average Bonchev–Trinajstić information content (AvgIpc) is 3.06. The van der Waals surface area contributed by atoms with Crippen molar-refractivity contribution in [2.24, 2.45) is 0 Å². The summed E-state index contributed by atoms with van der Waals surface area (Å²) in [5.74, 6) is -0.496. The first-order chi connectivity index (χ1) is 11.4. The minimum atomic E-state index is -3.93. The van der Waals surface area contributed by atoms with Crippen LogP contribution in [0.15, 0.2) is 29.4 Å². The number of rotatable bonds is 4. The fraction of sp³-hybridized carbons (Fsp3) is 0.467. The molecule has 0 radical (unpaired) electrons. The Morgan fingerprint density at radius 2 is 1.79 bits per heavy atom. The van der Waals surface area contributed by atoms with E-state index in [0.717, 1.165) is 30.8 Å². The van der Waals surface area contributed by atoms with Crippen molar-refractivity contribution in [3.63, 3.8) is 0 Å². The number of aromatic nitrogens is 3. The normalized spacial score (nSPS) is 22.2. The third kappa shape index (κ3) is 2.71. The maximum Gasteiger partial charge on any atom is 0.243 e. The van der Waals surface area contributed by atoms with Gasteiger partial charge >= 0.3 is 0 Å². The van der Waals surface area contributed by atoms with Crippen molar-refractivity contribution in [1.29, 1.82) is 0 Å². The zero-order chi connectivity index (χ0) is 16.9. The largest absolute Gasteiger partial charge is 0.313 e. The van der Waals surface area contributed by atoms with Crippen molar-refractivity contribution < 1.29 is 17.2 Å². The van der Waals surface area contributed by atoms with E-state index in [1.807, 2.05) is 4.57 Å². The van der Waals surface area contributed by atoms with E-state index in [4.69, 9.17) is 0 Å². The molecule has 1 saturated carbocycles. The van der Waals surface area contributed by atoms with Gasteiger partial charge in [-0.05, 0) is 31.4 Å². The average molecular weight is 354 g/mol. The van der Waals surface area contributed by atoms with E-state index in [9.17, 15) is 17.2 Å². The lowest BCUT2D eigenvalue weighted by atomic mass is 10.2. The number of halogens is 2. The molecule has 1 saturated heterocycles. The van der Waals surface area contributed by atoms with Crippen molar-refractivity contribution >= 4 is 10.0 Å². The van der Waals surface area contributed by atoms with Gasteiger partial charge in [-0.3, -0.25) is 0 Å². The predicted octanol–water partition coefficient (Wildman–Crippen LogP) is 2.07. The fourth-order valence-corrected chi connectivity index (χ4v) is 4.68. The molecule has 1 aromatic heterocycles. The molecule has 1 aromatic carbocycles. The number of benzene rings is 1. The Balaban J connectivity index is 1.58. The van der Waals surface area contributed by atoms with Crippen LogP contribution in [-0.4, -0.2) is 40.6 Å². The fourth-order valence-electron chi connectivity index (χ4n) is 3.15. The minimum absolute atomic E-state index is 0.0521. The number of nitrogens with zero attached hydrogens (tertiary/aromatic N) is 4. The second-order valence-electron chi connectivity index (χ2n) is 6.28. The van der Waals surface area contributed by atoms with Crippen LogP contribution in [0.5, 0.6) is 0 Å². The Hall–Kier alpha value is -1.87. The molecule has 2 fully saturated rings. The highest BCUT2D eigenvalue weighted by Crippen LogP contribution is 2.40. The molecule has 0 spiro atoms. The van der Waals surface area contributed by atoms with Crippen LogP contribution < -0.4 is 0 Å². The molecule has 0 bridgehead atoms. The highest BCUT2D eigenvalue weighted by atomic mass is 32.2. The maximum atomic E-state index is 13.4. The molecule has 2 heterocycles. The molecule has 2 aliphatic rings. The minimum Gasteiger partial charge on any atom is -0.313 e. The molecule has 6 nitrogen and oxygen atoms in total. The van der Waals surface area contributed by atoms with Crippen LogP contribution in [0.25, 0.3) is 0 Å². The van der Waals surface area contributed by atoms with Crippen LogP contribution in [0.1, 0.15) is 37.0 Å². The summed E-state index contributed by atoms with van der Waals surface area (Å²) in [7, 11) is -3.93. The van der Waals surface area contributed by atoms with Crippen LogP contribution in [-0.2, 0) is 10.0 Å². The van der Waals surface area contributed by atoms with Gasteiger partial charge in [0.2, 0.25) is 10.0 Å². The standard InChI is InChI=1S/C15H16F2N4O2S/c16-11-5-12(17)7-14(6-11)24(22,23)20-4-3-13(8-20)21-9-18-19-15(21)10-1-2-10/h5-7,9-10,13H,1-4,8H2. The molecule has 9 heteroatoms. The van der Waals surface area contributed by atoms with Crippen molar-refractivity contribution in [2.75, 3.05) is 13.1 Å². The summed E-state index contributed by atoms with van der Waals surface area (Å²) >= 11 is 0. The van der Waals surface area contributed by atoms with Crippen LogP contribution in [0, 0.1) is 11.6 Å². The lowest BCUT2D eigenvalue weighted by Crippen LogP contribution is -2.29. The molecular formula is C15H16F2N4O2S. The van der Waals surface area contributed by atoms with Gasteiger partial charge in [-0.1, -0.05) is 0 Å². The predicted molar refractivity (Wildman–Crippen MR) is 80.8 cm³/mol. The maximum absolute atomic E-state index is 13.4. The quantitative estimate of drug-likeness (QED) is 0.843. The Morgan fingerprint density at radius 1 is 1.08 bits per heavy atom. The summed E-state index contributed by atoms with van der Waals surface area (Å²) in [5, 5.41) is 8.08. The lowest BCUT2D eigenvalue weighted by molar-refractivity contribution is 0.445. The van der Waals surface area contributed by atoms with Gasteiger partial charge in [0.15, 0.2) is 0 Å². The highest BCUT2D eigenvalue weighted by Gasteiger charge is 2.37. The SMILES string of the molecule is O=S(=O)(c1cc(F)cc(F)c1)N1CCC(n2cnnc2C2CC2)C1. The van der Waals surface area contributed by atoms with Gasteiger partial charge in [-0.25, -0.2) is 17.2 Å². The van der Waals surface area contributed by atoms with Crippen LogP contribution >= 0.6 is 0 Å². The van der Waals surface area contributed by atoms with Crippen LogP contribution in [0.2, 0.25) is 0 Å². The molecule has 24 heavy (non-hydrogen) atoms. The van der Waals surface area contributed by atoms with Crippen LogP contribution in [0.4, 0.5) is 8.78 Å². The summed E-state index contributed by atoms with van der Waals surface area (Å²) < 4.78 is 55.2.